The number of ether oxygens (including phenoxy) is 1. The Morgan fingerprint density at radius 1 is 0.333 bits per heavy atom. The van der Waals surface area contributed by atoms with Crippen molar-refractivity contribution < 1.29 is 51.8 Å². The summed E-state index contributed by atoms with van der Waals surface area (Å²) in [6, 6.07) is 60.0. The van der Waals surface area contributed by atoms with Crippen molar-refractivity contribution in [2.45, 2.75) is 324 Å². The van der Waals surface area contributed by atoms with Crippen LogP contribution in [0.2, 0.25) is 0 Å². The van der Waals surface area contributed by atoms with Gasteiger partial charge in [-0.3, -0.25) is 0 Å². The Kier molecular flexibility index (Phi) is 53.0. The molecule has 24 heteroatoms. The summed E-state index contributed by atoms with van der Waals surface area (Å²) in [5, 5.41) is 44.9. The van der Waals surface area contributed by atoms with E-state index in [0.717, 1.165) is 237 Å². The van der Waals surface area contributed by atoms with Gasteiger partial charge >= 0.3 is 36.2 Å². The van der Waals surface area contributed by atoms with Crippen LogP contribution < -0.4 is 69.5 Å². The van der Waals surface area contributed by atoms with E-state index >= 15 is 0 Å². The minimum atomic E-state index is -2.55. The Hall–Kier alpha value is -9.39. The number of rotatable bonds is 36. The number of alkyl halides is 2. The third kappa shape index (κ3) is 50.2. The number of aliphatic hydroxyl groups is 1. The predicted molar refractivity (Wildman–Crippen MR) is 503 cm³/mol. The molecule has 1 saturated heterocycles. The first-order valence-electron chi connectivity index (χ1n) is 48.0. The maximum absolute atomic E-state index is 13.0. The molecule has 0 bridgehead atoms. The minimum absolute atomic E-state index is 0.0108. The molecule has 21 nitrogen and oxygen atoms in total. The van der Waals surface area contributed by atoms with Crippen molar-refractivity contribution in [3.8, 4) is 0 Å². The molecule has 6 aliphatic rings. The van der Waals surface area contributed by atoms with Crippen LogP contribution in [-0.4, -0.2) is 148 Å². The molecule has 3 unspecified atom stereocenters. The van der Waals surface area contributed by atoms with Crippen molar-refractivity contribution in [2.24, 2.45) is 11.7 Å². The van der Waals surface area contributed by atoms with Crippen molar-refractivity contribution >= 4 is 36.2 Å². The predicted octanol–water partition coefficient (Wildman–Crippen LogP) is 19.2. The lowest BCUT2D eigenvalue weighted by molar-refractivity contribution is -0.0395. The first kappa shape index (κ1) is 104. The zero-order valence-electron chi connectivity index (χ0n) is 75.6. The Bertz CT molecular complexity index is 3720. The number of urea groups is 6. The molecule has 15 N–H and O–H groups in total. The van der Waals surface area contributed by atoms with Crippen molar-refractivity contribution in [1.29, 1.82) is 0 Å². The van der Waals surface area contributed by atoms with Crippen LogP contribution in [-0.2, 0) is 43.3 Å². The Labute approximate surface area is 751 Å². The maximum atomic E-state index is 13.0. The lowest BCUT2D eigenvalue weighted by atomic mass is 9.83. The van der Waals surface area contributed by atoms with Crippen molar-refractivity contribution in [1.82, 2.24) is 63.8 Å². The largest absolute Gasteiger partial charge is 0.393 e. The van der Waals surface area contributed by atoms with Crippen molar-refractivity contribution in [3.63, 3.8) is 0 Å². The van der Waals surface area contributed by atoms with Gasteiger partial charge in [-0.05, 0) is 263 Å². The molecule has 5 saturated carbocycles. The SMILES string of the molecule is CC1CC(N)CCC1NC(=O)NCCCCc1ccccc1.O=C(NCCCCc1ccc(F)cc1)NC1CCCCC1.O=C(NCCCCc1ccccc1)NC1CCC(F)(F)CC1.O=C(NCCCCc1ccccc1)NC1CCC(O)CC1.O=C(NCCCCc1ccccc1)NC1CCCCC1.O=C(NCCCCc1ccccc1)NC1CCOCC1. The van der Waals surface area contributed by atoms with E-state index in [1.54, 1.807) is 0 Å². The lowest BCUT2D eigenvalue weighted by Gasteiger charge is -2.32. The third-order valence-corrected chi connectivity index (χ3v) is 24.2. The van der Waals surface area contributed by atoms with E-state index in [1.807, 2.05) is 54.6 Å². The number of benzene rings is 6. The molecule has 6 aromatic rings. The number of nitrogens with one attached hydrogen (secondary N) is 12. The van der Waals surface area contributed by atoms with Crippen LogP contribution in [0.15, 0.2) is 176 Å². The Balaban J connectivity index is 0.000000208. The molecular formula is C102H154F3N13O8. The second kappa shape index (κ2) is 64.4. The lowest BCUT2D eigenvalue weighted by Crippen LogP contribution is -2.49. The van der Waals surface area contributed by atoms with Gasteiger partial charge in [0.05, 0.1) is 6.10 Å². The molecule has 6 aromatic carbocycles. The molecular weight excluding hydrogens is 1590 g/mol. The number of aryl methyl sites for hydroxylation is 6. The van der Waals surface area contributed by atoms with E-state index in [0.29, 0.717) is 56.5 Å². The summed E-state index contributed by atoms with van der Waals surface area (Å²) < 4.78 is 44.0. The second-order valence-corrected chi connectivity index (χ2v) is 35.0. The monoisotopic (exact) mass is 1750 g/mol. The van der Waals surface area contributed by atoms with Crippen LogP contribution in [0.4, 0.5) is 41.9 Å². The van der Waals surface area contributed by atoms with E-state index in [1.165, 1.54) is 78.5 Å². The molecule has 0 aromatic heterocycles. The number of hydrogen-bond donors (Lipinski definition) is 14. The van der Waals surface area contributed by atoms with Crippen molar-refractivity contribution in [2.75, 3.05) is 52.5 Å². The van der Waals surface area contributed by atoms with Gasteiger partial charge in [-0.1, -0.05) is 209 Å². The zero-order valence-corrected chi connectivity index (χ0v) is 75.6. The highest BCUT2D eigenvalue weighted by Crippen LogP contribution is 2.33. The first-order chi connectivity index (χ1) is 61.4. The summed E-state index contributed by atoms with van der Waals surface area (Å²) in [7, 11) is 0. The highest BCUT2D eigenvalue weighted by Gasteiger charge is 2.35. The summed E-state index contributed by atoms with van der Waals surface area (Å²) >= 11 is 0. The Morgan fingerprint density at radius 2 is 0.603 bits per heavy atom. The number of unbranched alkanes of at least 4 members (excludes halogenated alkanes) is 6. The van der Waals surface area contributed by atoms with Crippen LogP contribution in [0.5, 0.6) is 0 Å². The number of halogens is 3. The van der Waals surface area contributed by atoms with Gasteiger partial charge < -0.3 is 79.4 Å². The van der Waals surface area contributed by atoms with Crippen LogP contribution in [0.3, 0.4) is 0 Å². The fourth-order valence-electron chi connectivity index (χ4n) is 16.6. The number of carbonyl (C=O) groups is 6. The average Bonchev–Trinajstić information content (AvgIpc) is 0.873. The molecule has 6 fully saturated rings. The maximum Gasteiger partial charge on any atom is 0.315 e. The van der Waals surface area contributed by atoms with Gasteiger partial charge in [0.15, 0.2) is 0 Å². The van der Waals surface area contributed by atoms with Gasteiger partial charge in [-0.25, -0.2) is 41.9 Å². The second-order valence-electron chi connectivity index (χ2n) is 35.0. The van der Waals surface area contributed by atoms with Gasteiger partial charge in [-0.2, -0.15) is 0 Å². The molecule has 1 aliphatic heterocycles. The molecule has 696 valence electrons. The van der Waals surface area contributed by atoms with Gasteiger partial charge in [0.1, 0.15) is 5.82 Å². The highest BCUT2D eigenvalue weighted by molar-refractivity contribution is 5.76. The van der Waals surface area contributed by atoms with E-state index < -0.39 is 5.92 Å². The average molecular weight is 1750 g/mol. The van der Waals surface area contributed by atoms with Crippen LogP contribution in [0.25, 0.3) is 0 Å². The molecule has 0 radical (unpaired) electrons. The molecule has 3 atom stereocenters. The quantitative estimate of drug-likeness (QED) is 0.0166. The fraction of sp³-hybridized carbons (Fsp3) is 0.588. The van der Waals surface area contributed by atoms with E-state index in [-0.39, 0.29) is 85.1 Å². The molecule has 12 amide bonds. The summed E-state index contributed by atoms with van der Waals surface area (Å²) in [6.45, 7) is 7.94. The summed E-state index contributed by atoms with van der Waals surface area (Å²) in [6.07, 6.45) is 39.0. The Morgan fingerprint density at radius 3 is 0.905 bits per heavy atom. The minimum Gasteiger partial charge on any atom is -0.393 e. The zero-order chi connectivity index (χ0) is 89.5. The standard InChI is InChI=1S/C18H29N3O.C17H24F2N2O.C17H25FN2O.C17H26N2O2.C17H26N2O.C16H24N2O2/c1-14-13-16(19)10-11-17(14)21-18(22)20-12-6-5-9-15-7-3-2-4-8-15;18-17(19)11-9-15(10-12-17)21-16(22)20-13-5-4-8-14-6-2-1-3-7-14;18-15-11-9-14(10-12-15)6-4-5-13-19-17(21)20-16-7-2-1-3-8-16;20-16-11-9-15(10-12-16)19-17(21)18-13-5-4-8-14-6-2-1-3-7-14;20-17(19-16-12-5-2-6-13-16)18-14-8-7-11-15-9-3-1-4-10-15;19-16(18-15-9-12-20-13-10-15)17-11-5-4-8-14-6-2-1-3-7-14/h2-4,7-8,14,16-17H,5-6,9-13,19H2,1H3,(H2,20,21,22);1-3,6-7,15H,4-5,8-13H2,(H2,20,21,22);9-12,16H,1-8,13H2,(H2,19,20,21);1-3,6-7,15-16,20H,4-5,8-13H2,(H2,18,19,21);1,3-4,9-10,16H,2,5-8,11-14H2,(H2,18,19,20);1-3,6-7,15H,4-5,8-13H2,(H2,17,18,19). The van der Waals surface area contributed by atoms with E-state index in [4.69, 9.17) is 10.5 Å². The van der Waals surface area contributed by atoms with E-state index in [9.17, 15) is 47.0 Å². The third-order valence-electron chi connectivity index (χ3n) is 24.2. The van der Waals surface area contributed by atoms with Gasteiger partial charge in [0.2, 0.25) is 5.92 Å². The number of carbonyl (C=O) groups excluding carboxylic acids is 6. The normalized spacial score (nSPS) is 18.7. The van der Waals surface area contributed by atoms with Crippen LogP contribution in [0.1, 0.15) is 265 Å². The molecule has 0 spiro atoms. The summed E-state index contributed by atoms with van der Waals surface area (Å²) in [5.41, 5.74) is 13.8. The number of nitrogens with two attached hydrogens (primary N) is 1. The molecule has 5 aliphatic carbocycles. The molecule has 126 heavy (non-hydrogen) atoms. The first-order valence-corrected chi connectivity index (χ1v) is 48.0. The smallest absolute Gasteiger partial charge is 0.315 e. The molecule has 12 rings (SSSR count). The number of aliphatic hydroxyl groups excluding tert-OH is 1. The van der Waals surface area contributed by atoms with Gasteiger partial charge in [0, 0.05) is 108 Å². The topological polar surface area (TPSA) is 302 Å². The van der Waals surface area contributed by atoms with E-state index in [2.05, 4.69) is 180 Å². The van der Waals surface area contributed by atoms with Crippen molar-refractivity contribution in [3.05, 3.63) is 215 Å². The van der Waals surface area contributed by atoms with Crippen LogP contribution >= 0.6 is 0 Å². The summed E-state index contributed by atoms with van der Waals surface area (Å²) in [5.74, 6) is -2.28. The van der Waals surface area contributed by atoms with Gasteiger partial charge in [-0.15, -0.1) is 0 Å². The summed E-state index contributed by atoms with van der Waals surface area (Å²) in [4.78, 5) is 70.5. The van der Waals surface area contributed by atoms with Crippen LogP contribution in [0, 0.1) is 11.7 Å². The van der Waals surface area contributed by atoms with Gasteiger partial charge in [0.25, 0.3) is 0 Å². The fourth-order valence-corrected chi connectivity index (χ4v) is 16.6. The highest BCUT2D eigenvalue weighted by atomic mass is 19.3. The number of hydrogen-bond acceptors (Lipinski definition) is 9. The molecule has 1 heterocycles. The number of amides is 12.